The Bertz CT molecular complexity index is 685. The Labute approximate surface area is 98.9 Å². The first-order valence-corrected chi connectivity index (χ1v) is 5.45. The predicted octanol–water partition coefficient (Wildman–Crippen LogP) is 2.34. The van der Waals surface area contributed by atoms with Crippen LogP contribution >= 0.6 is 0 Å². The van der Waals surface area contributed by atoms with Crippen LogP contribution in [-0.4, -0.2) is 19.7 Å². The molecule has 3 heterocycles. The summed E-state index contributed by atoms with van der Waals surface area (Å²) in [6.45, 7) is 2.05. The highest BCUT2D eigenvalue weighted by molar-refractivity contribution is 5.81. The maximum Gasteiger partial charge on any atom is 0.0894 e. The minimum atomic E-state index is 0.884. The van der Waals surface area contributed by atoms with E-state index in [1.54, 1.807) is 6.20 Å². The third-order valence-corrected chi connectivity index (χ3v) is 2.81. The predicted molar refractivity (Wildman–Crippen MR) is 66.5 cm³/mol. The quantitative estimate of drug-likeness (QED) is 0.637. The van der Waals surface area contributed by atoms with Gasteiger partial charge in [-0.1, -0.05) is 0 Å². The van der Waals surface area contributed by atoms with E-state index in [9.17, 15) is 0 Å². The lowest BCUT2D eigenvalue weighted by atomic mass is 10.2. The number of rotatable bonds is 1. The van der Waals surface area contributed by atoms with Crippen molar-refractivity contribution < 1.29 is 0 Å². The first-order valence-electron chi connectivity index (χ1n) is 5.45. The second-order valence-electron chi connectivity index (χ2n) is 4.11. The molecule has 0 aliphatic rings. The summed E-state index contributed by atoms with van der Waals surface area (Å²) in [6.07, 6.45) is 5.48. The Balaban J connectivity index is 2.18. The van der Waals surface area contributed by atoms with Crippen molar-refractivity contribution >= 4 is 10.9 Å². The molecule has 3 rings (SSSR count). The van der Waals surface area contributed by atoms with Crippen LogP contribution in [0.2, 0.25) is 0 Å². The van der Waals surface area contributed by atoms with Crippen molar-refractivity contribution in [1.29, 1.82) is 0 Å². The average Bonchev–Trinajstić information content (AvgIpc) is 2.71. The summed E-state index contributed by atoms with van der Waals surface area (Å²) in [7, 11) is 1.91. The van der Waals surface area contributed by atoms with Crippen molar-refractivity contribution in [3.05, 3.63) is 42.4 Å². The van der Waals surface area contributed by atoms with Gasteiger partial charge in [-0.15, -0.1) is 0 Å². The van der Waals surface area contributed by atoms with Gasteiger partial charge in [-0.2, -0.15) is 5.10 Å². The second kappa shape index (κ2) is 3.66. The fraction of sp³-hybridized carbons (Fsp3) is 0.154. The van der Waals surface area contributed by atoms with Crippen LogP contribution < -0.4 is 0 Å². The van der Waals surface area contributed by atoms with Crippen molar-refractivity contribution in [2.75, 3.05) is 0 Å². The Morgan fingerprint density at radius 2 is 1.88 bits per heavy atom. The summed E-state index contributed by atoms with van der Waals surface area (Å²) < 4.78 is 1.82. The molecule has 0 saturated carbocycles. The molecule has 3 aromatic rings. The van der Waals surface area contributed by atoms with Gasteiger partial charge in [0.15, 0.2) is 0 Å². The lowest BCUT2D eigenvalue weighted by Gasteiger charge is -2.01. The van der Waals surface area contributed by atoms with Crippen LogP contribution in [0.5, 0.6) is 0 Å². The minimum Gasteiger partial charge on any atom is -0.266 e. The number of hydrogen-bond acceptors (Lipinski definition) is 3. The van der Waals surface area contributed by atoms with Gasteiger partial charge in [0.25, 0.3) is 0 Å². The highest BCUT2D eigenvalue weighted by atomic mass is 15.2. The maximum absolute atomic E-state index is 4.43. The lowest BCUT2D eigenvalue weighted by molar-refractivity contribution is 0.795. The lowest BCUT2D eigenvalue weighted by Crippen LogP contribution is -1.91. The Hall–Kier alpha value is -2.23. The molecule has 3 aromatic heterocycles. The van der Waals surface area contributed by atoms with Crippen LogP contribution in [0.4, 0.5) is 0 Å². The molecule has 0 atom stereocenters. The SMILES string of the molecule is Cc1ccnc(-c2cc3cnn(C)c3cn2)c1. The highest BCUT2D eigenvalue weighted by Gasteiger charge is 2.05. The van der Waals surface area contributed by atoms with Gasteiger partial charge >= 0.3 is 0 Å². The normalized spacial score (nSPS) is 10.9. The van der Waals surface area contributed by atoms with Crippen molar-refractivity contribution in [3.8, 4) is 11.4 Å². The Morgan fingerprint density at radius 3 is 2.71 bits per heavy atom. The molecular formula is C13H12N4. The number of nitrogens with zero attached hydrogens (tertiary/aromatic N) is 4. The van der Waals surface area contributed by atoms with E-state index in [-0.39, 0.29) is 0 Å². The molecule has 0 spiro atoms. The Kier molecular flexibility index (Phi) is 2.14. The standard InChI is InChI=1S/C13H12N4/c1-9-3-4-14-11(5-9)12-6-10-7-16-17(2)13(10)8-15-12/h3-8H,1-2H3. The molecular weight excluding hydrogens is 212 g/mol. The number of aromatic nitrogens is 4. The van der Waals surface area contributed by atoms with Crippen LogP contribution in [0.25, 0.3) is 22.3 Å². The molecule has 0 aromatic carbocycles. The molecule has 0 aliphatic carbocycles. The summed E-state index contributed by atoms with van der Waals surface area (Å²) in [4.78, 5) is 8.76. The number of aryl methyl sites for hydroxylation is 2. The molecule has 17 heavy (non-hydrogen) atoms. The summed E-state index contributed by atoms with van der Waals surface area (Å²) in [5.74, 6) is 0. The second-order valence-corrected chi connectivity index (χ2v) is 4.11. The molecule has 0 radical (unpaired) electrons. The molecule has 0 N–H and O–H groups in total. The third kappa shape index (κ3) is 1.67. The van der Waals surface area contributed by atoms with E-state index in [0.29, 0.717) is 0 Å². The largest absolute Gasteiger partial charge is 0.266 e. The van der Waals surface area contributed by atoms with Gasteiger partial charge in [0.2, 0.25) is 0 Å². The van der Waals surface area contributed by atoms with Crippen LogP contribution in [0.15, 0.2) is 36.8 Å². The summed E-state index contributed by atoms with van der Waals surface area (Å²) in [6, 6.07) is 6.03. The zero-order valence-electron chi connectivity index (χ0n) is 9.75. The third-order valence-electron chi connectivity index (χ3n) is 2.81. The van der Waals surface area contributed by atoms with Crippen LogP contribution in [0, 0.1) is 6.92 Å². The topological polar surface area (TPSA) is 43.6 Å². The molecule has 0 saturated heterocycles. The average molecular weight is 224 g/mol. The van der Waals surface area contributed by atoms with E-state index in [4.69, 9.17) is 0 Å². The monoisotopic (exact) mass is 224 g/mol. The van der Waals surface area contributed by atoms with E-state index < -0.39 is 0 Å². The first-order chi connectivity index (χ1) is 8.24. The van der Waals surface area contributed by atoms with Gasteiger partial charge in [0.1, 0.15) is 0 Å². The van der Waals surface area contributed by atoms with E-state index >= 15 is 0 Å². The molecule has 0 fully saturated rings. The summed E-state index contributed by atoms with van der Waals surface area (Å²) in [5, 5.41) is 5.29. The smallest absolute Gasteiger partial charge is 0.0894 e. The fourth-order valence-electron chi connectivity index (χ4n) is 1.86. The van der Waals surface area contributed by atoms with E-state index in [1.165, 1.54) is 5.56 Å². The van der Waals surface area contributed by atoms with Crippen LogP contribution in [0.1, 0.15) is 5.56 Å². The zero-order valence-corrected chi connectivity index (χ0v) is 9.75. The maximum atomic E-state index is 4.43. The molecule has 0 aliphatic heterocycles. The van der Waals surface area contributed by atoms with Gasteiger partial charge in [-0.05, 0) is 30.7 Å². The van der Waals surface area contributed by atoms with E-state index in [0.717, 1.165) is 22.3 Å². The van der Waals surface area contributed by atoms with Gasteiger partial charge in [-0.25, -0.2) is 0 Å². The molecule has 4 heteroatoms. The van der Waals surface area contributed by atoms with Crippen molar-refractivity contribution in [1.82, 2.24) is 19.7 Å². The molecule has 84 valence electrons. The van der Waals surface area contributed by atoms with Gasteiger partial charge in [0.05, 0.1) is 29.3 Å². The van der Waals surface area contributed by atoms with Crippen molar-refractivity contribution in [3.63, 3.8) is 0 Å². The van der Waals surface area contributed by atoms with Crippen molar-refractivity contribution in [2.45, 2.75) is 6.92 Å². The fourth-order valence-corrected chi connectivity index (χ4v) is 1.86. The molecule has 0 amide bonds. The summed E-state index contributed by atoms with van der Waals surface area (Å²) in [5.41, 5.74) is 3.99. The minimum absolute atomic E-state index is 0.884. The number of fused-ring (bicyclic) bond motifs is 1. The van der Waals surface area contributed by atoms with Crippen molar-refractivity contribution in [2.24, 2.45) is 7.05 Å². The highest BCUT2D eigenvalue weighted by Crippen LogP contribution is 2.20. The molecule has 4 nitrogen and oxygen atoms in total. The van der Waals surface area contributed by atoms with E-state index in [2.05, 4.69) is 15.1 Å². The Morgan fingerprint density at radius 1 is 1.06 bits per heavy atom. The number of hydrogen-bond donors (Lipinski definition) is 0. The van der Waals surface area contributed by atoms with Gasteiger partial charge < -0.3 is 0 Å². The number of pyridine rings is 2. The van der Waals surface area contributed by atoms with Gasteiger partial charge in [-0.3, -0.25) is 14.6 Å². The summed E-state index contributed by atoms with van der Waals surface area (Å²) >= 11 is 0. The van der Waals surface area contributed by atoms with Crippen LogP contribution in [-0.2, 0) is 7.05 Å². The van der Waals surface area contributed by atoms with Crippen LogP contribution in [0.3, 0.4) is 0 Å². The molecule has 0 bridgehead atoms. The first kappa shape index (κ1) is 9.96. The van der Waals surface area contributed by atoms with Gasteiger partial charge in [0, 0.05) is 18.6 Å². The zero-order chi connectivity index (χ0) is 11.8. The van der Waals surface area contributed by atoms with E-state index in [1.807, 2.05) is 49.2 Å². The molecule has 0 unspecified atom stereocenters.